The predicted molar refractivity (Wildman–Crippen MR) is 94.3 cm³/mol. The molecule has 1 aromatic heterocycles. The first-order valence-corrected chi connectivity index (χ1v) is 7.72. The minimum absolute atomic E-state index is 0.0965. The van der Waals surface area contributed by atoms with E-state index in [1.54, 1.807) is 0 Å². The number of benzene rings is 2. The van der Waals surface area contributed by atoms with Crippen LogP contribution in [-0.2, 0) is 0 Å². The van der Waals surface area contributed by atoms with Crippen LogP contribution in [0.2, 0.25) is 5.02 Å². The number of aromatic nitrogens is 2. The van der Waals surface area contributed by atoms with Gasteiger partial charge in [0.1, 0.15) is 12.1 Å². The summed E-state index contributed by atoms with van der Waals surface area (Å²) in [4.78, 5) is 8.54. The summed E-state index contributed by atoms with van der Waals surface area (Å²) in [6.45, 7) is 0.593. The highest BCUT2D eigenvalue weighted by Crippen LogP contribution is 2.22. The van der Waals surface area contributed by atoms with Crippen molar-refractivity contribution in [2.45, 2.75) is 6.04 Å². The van der Waals surface area contributed by atoms with Crippen molar-refractivity contribution in [3.63, 3.8) is 0 Å². The van der Waals surface area contributed by atoms with E-state index < -0.39 is 0 Å². The maximum atomic E-state index is 6.19. The number of rotatable bonds is 5. The summed E-state index contributed by atoms with van der Waals surface area (Å²) in [5.41, 5.74) is 9.05. The fourth-order valence-corrected chi connectivity index (χ4v) is 2.48. The third-order valence-corrected chi connectivity index (χ3v) is 3.75. The second-order valence-electron chi connectivity index (χ2n) is 5.20. The van der Waals surface area contributed by atoms with Gasteiger partial charge in [-0.05, 0) is 17.7 Å². The molecule has 0 saturated carbocycles. The molecule has 3 rings (SSSR count). The summed E-state index contributed by atoms with van der Waals surface area (Å²) in [5, 5.41) is 3.94. The summed E-state index contributed by atoms with van der Waals surface area (Å²) in [7, 11) is 0. The molecule has 1 unspecified atom stereocenters. The third-order valence-electron chi connectivity index (χ3n) is 3.52. The van der Waals surface area contributed by atoms with Gasteiger partial charge in [0.15, 0.2) is 0 Å². The van der Waals surface area contributed by atoms with E-state index >= 15 is 0 Å². The Morgan fingerprint density at radius 3 is 2.61 bits per heavy atom. The van der Waals surface area contributed by atoms with Crippen LogP contribution in [0.3, 0.4) is 0 Å². The quantitative estimate of drug-likeness (QED) is 0.747. The number of hydrogen-bond donors (Lipinski definition) is 2. The largest absolute Gasteiger partial charge is 0.368 e. The maximum absolute atomic E-state index is 6.19. The Kier molecular flexibility index (Phi) is 4.86. The van der Waals surface area contributed by atoms with Gasteiger partial charge < -0.3 is 11.1 Å². The summed E-state index contributed by atoms with van der Waals surface area (Å²) >= 11 is 6.03. The minimum atomic E-state index is -0.0965. The van der Waals surface area contributed by atoms with Gasteiger partial charge >= 0.3 is 0 Å². The molecule has 5 heteroatoms. The lowest BCUT2D eigenvalue weighted by atomic mass is 10.1. The van der Waals surface area contributed by atoms with Crippen LogP contribution in [0.25, 0.3) is 11.3 Å². The van der Waals surface area contributed by atoms with Crippen LogP contribution in [0.15, 0.2) is 67.0 Å². The van der Waals surface area contributed by atoms with Crippen molar-refractivity contribution in [2.24, 2.45) is 5.73 Å². The summed E-state index contributed by atoms with van der Waals surface area (Å²) in [6, 6.07) is 19.4. The zero-order chi connectivity index (χ0) is 16.1. The van der Waals surface area contributed by atoms with Crippen molar-refractivity contribution in [1.29, 1.82) is 0 Å². The Morgan fingerprint density at radius 1 is 1.00 bits per heavy atom. The molecule has 2 aromatic carbocycles. The van der Waals surface area contributed by atoms with E-state index in [9.17, 15) is 0 Å². The van der Waals surface area contributed by atoms with Crippen LogP contribution >= 0.6 is 11.6 Å². The number of nitrogens with one attached hydrogen (secondary N) is 1. The average molecular weight is 325 g/mol. The van der Waals surface area contributed by atoms with Crippen molar-refractivity contribution >= 4 is 17.4 Å². The van der Waals surface area contributed by atoms with Crippen molar-refractivity contribution in [1.82, 2.24) is 9.97 Å². The third kappa shape index (κ3) is 4.06. The molecule has 4 nitrogen and oxygen atoms in total. The minimum Gasteiger partial charge on any atom is -0.368 e. The zero-order valence-corrected chi connectivity index (χ0v) is 13.2. The Hall–Kier alpha value is -2.43. The first-order chi connectivity index (χ1) is 11.2. The molecule has 0 saturated heterocycles. The van der Waals surface area contributed by atoms with Gasteiger partial charge in [-0.3, -0.25) is 0 Å². The number of nitrogens with two attached hydrogens (primary N) is 1. The number of anilines is 1. The molecule has 0 aliphatic heterocycles. The van der Waals surface area contributed by atoms with Crippen molar-refractivity contribution in [3.8, 4) is 11.3 Å². The van der Waals surface area contributed by atoms with Gasteiger partial charge in [0, 0.05) is 29.2 Å². The van der Waals surface area contributed by atoms with Crippen LogP contribution in [-0.4, -0.2) is 16.5 Å². The fraction of sp³-hybridized carbons (Fsp3) is 0.111. The zero-order valence-electron chi connectivity index (χ0n) is 12.5. The molecular formula is C18H17ClN4. The fourth-order valence-electron chi connectivity index (χ4n) is 2.29. The van der Waals surface area contributed by atoms with Crippen LogP contribution in [0.1, 0.15) is 11.6 Å². The highest BCUT2D eigenvalue weighted by atomic mass is 35.5. The molecule has 0 aliphatic carbocycles. The van der Waals surface area contributed by atoms with Gasteiger partial charge in [-0.25, -0.2) is 9.97 Å². The SMILES string of the molecule is NC(CNc1cc(-c2cccc(Cl)c2)ncn1)c1ccccc1. The summed E-state index contributed by atoms with van der Waals surface area (Å²) < 4.78 is 0. The molecule has 1 heterocycles. The van der Waals surface area contributed by atoms with Crippen LogP contribution in [0, 0.1) is 0 Å². The number of hydrogen-bond acceptors (Lipinski definition) is 4. The molecule has 0 aliphatic rings. The monoisotopic (exact) mass is 324 g/mol. The highest BCUT2D eigenvalue weighted by Gasteiger charge is 2.07. The molecule has 0 spiro atoms. The lowest BCUT2D eigenvalue weighted by molar-refractivity contribution is 0.761. The van der Waals surface area contributed by atoms with E-state index in [-0.39, 0.29) is 6.04 Å². The van der Waals surface area contributed by atoms with Gasteiger partial charge in [-0.2, -0.15) is 0 Å². The lowest BCUT2D eigenvalue weighted by Crippen LogP contribution is -2.20. The van der Waals surface area contributed by atoms with E-state index in [0.717, 1.165) is 22.6 Å². The number of nitrogens with zero attached hydrogens (tertiary/aromatic N) is 2. The maximum Gasteiger partial charge on any atom is 0.130 e. The Balaban J connectivity index is 1.71. The molecule has 3 N–H and O–H groups in total. The first kappa shape index (κ1) is 15.5. The molecule has 3 aromatic rings. The van der Waals surface area contributed by atoms with E-state index in [1.807, 2.05) is 60.7 Å². The summed E-state index contributed by atoms with van der Waals surface area (Å²) in [5.74, 6) is 0.737. The topological polar surface area (TPSA) is 63.8 Å². The first-order valence-electron chi connectivity index (χ1n) is 7.35. The molecule has 0 radical (unpaired) electrons. The van der Waals surface area contributed by atoms with Crippen LogP contribution in [0.5, 0.6) is 0 Å². The highest BCUT2D eigenvalue weighted by molar-refractivity contribution is 6.30. The number of halogens is 1. The molecule has 0 fully saturated rings. The Morgan fingerprint density at radius 2 is 1.83 bits per heavy atom. The predicted octanol–water partition coefficient (Wildman–Crippen LogP) is 3.91. The van der Waals surface area contributed by atoms with E-state index in [1.165, 1.54) is 6.33 Å². The van der Waals surface area contributed by atoms with Crippen molar-refractivity contribution in [2.75, 3.05) is 11.9 Å². The second kappa shape index (κ2) is 7.22. The van der Waals surface area contributed by atoms with E-state index in [4.69, 9.17) is 17.3 Å². The molecule has 23 heavy (non-hydrogen) atoms. The lowest BCUT2D eigenvalue weighted by Gasteiger charge is -2.13. The smallest absolute Gasteiger partial charge is 0.130 e. The van der Waals surface area contributed by atoms with Gasteiger partial charge in [-0.1, -0.05) is 54.1 Å². The van der Waals surface area contributed by atoms with Crippen LogP contribution in [0.4, 0.5) is 5.82 Å². The van der Waals surface area contributed by atoms with E-state index in [2.05, 4.69) is 15.3 Å². The van der Waals surface area contributed by atoms with E-state index in [0.29, 0.717) is 11.6 Å². The average Bonchev–Trinajstić information content (AvgIpc) is 2.61. The van der Waals surface area contributed by atoms with Gasteiger partial charge in [0.25, 0.3) is 0 Å². The molecular weight excluding hydrogens is 308 g/mol. The summed E-state index contributed by atoms with van der Waals surface area (Å²) in [6.07, 6.45) is 1.53. The Labute approximate surface area is 140 Å². The Bertz CT molecular complexity index is 777. The standard InChI is InChI=1S/C18H17ClN4/c19-15-8-4-7-14(9-15)17-10-18(23-12-22-17)21-11-16(20)13-5-2-1-3-6-13/h1-10,12,16H,11,20H2,(H,21,22,23). The van der Waals surface area contributed by atoms with Crippen molar-refractivity contribution in [3.05, 3.63) is 77.6 Å². The molecule has 1 atom stereocenters. The molecule has 116 valence electrons. The normalized spacial score (nSPS) is 11.9. The van der Waals surface area contributed by atoms with Crippen molar-refractivity contribution < 1.29 is 0 Å². The second-order valence-corrected chi connectivity index (χ2v) is 5.63. The van der Waals surface area contributed by atoms with Gasteiger partial charge in [0.2, 0.25) is 0 Å². The van der Waals surface area contributed by atoms with Crippen LogP contribution < -0.4 is 11.1 Å². The van der Waals surface area contributed by atoms with Gasteiger partial charge in [-0.15, -0.1) is 0 Å². The molecule has 0 bridgehead atoms. The van der Waals surface area contributed by atoms with Gasteiger partial charge in [0.05, 0.1) is 5.69 Å². The molecule has 0 amide bonds.